The van der Waals surface area contributed by atoms with E-state index in [1.807, 2.05) is 0 Å². The lowest BCUT2D eigenvalue weighted by Crippen LogP contribution is -2.33. The first kappa shape index (κ1) is 16.0. The van der Waals surface area contributed by atoms with Crippen LogP contribution >= 0.6 is 11.6 Å². The highest BCUT2D eigenvalue weighted by Crippen LogP contribution is 2.36. The van der Waals surface area contributed by atoms with E-state index in [1.165, 1.54) is 19.3 Å². The number of nitrogens with two attached hydrogens (primary N) is 1. The van der Waals surface area contributed by atoms with Crippen molar-refractivity contribution in [3.8, 4) is 0 Å². The molecule has 1 saturated carbocycles. The van der Waals surface area contributed by atoms with Gasteiger partial charge in [0, 0.05) is 18.8 Å². The molecule has 0 heterocycles. The highest BCUT2D eigenvalue weighted by atomic mass is 35.5. The van der Waals surface area contributed by atoms with Gasteiger partial charge >= 0.3 is 5.97 Å². The maximum Gasteiger partial charge on any atom is 0.340 e. The van der Waals surface area contributed by atoms with Gasteiger partial charge in [0.15, 0.2) is 0 Å². The number of hydrogen-bond donors (Lipinski definition) is 1. The predicted molar refractivity (Wildman–Crippen MR) is 87.0 cm³/mol. The smallest absolute Gasteiger partial charge is 0.340 e. The number of esters is 1. The summed E-state index contributed by atoms with van der Waals surface area (Å²) in [6.45, 7) is 5.91. The Kier molecular flexibility index (Phi) is 5.34. The summed E-state index contributed by atoms with van der Waals surface area (Å²) in [6, 6.07) is 3.35. The zero-order valence-corrected chi connectivity index (χ0v) is 13.4. The summed E-state index contributed by atoms with van der Waals surface area (Å²) in [4.78, 5) is 14.4. The van der Waals surface area contributed by atoms with E-state index in [-0.39, 0.29) is 5.97 Å². The van der Waals surface area contributed by atoms with E-state index in [2.05, 4.69) is 11.8 Å². The van der Waals surface area contributed by atoms with Crippen LogP contribution in [0.2, 0.25) is 5.02 Å². The lowest BCUT2D eigenvalue weighted by molar-refractivity contribution is 0.0527. The second-order valence-electron chi connectivity index (χ2n) is 5.45. The molecule has 0 unspecified atom stereocenters. The third kappa shape index (κ3) is 3.62. The quantitative estimate of drug-likeness (QED) is 0.642. The predicted octanol–water partition coefficient (Wildman–Crippen LogP) is 3.73. The molecule has 116 valence electrons. The number of benzene rings is 1. The van der Waals surface area contributed by atoms with Crippen LogP contribution in [0.15, 0.2) is 12.1 Å². The number of nitrogens with zero attached hydrogens (tertiary/aromatic N) is 1. The van der Waals surface area contributed by atoms with Gasteiger partial charge in [-0.1, -0.05) is 18.0 Å². The van der Waals surface area contributed by atoms with Gasteiger partial charge in [-0.25, -0.2) is 4.79 Å². The van der Waals surface area contributed by atoms with E-state index in [9.17, 15) is 4.79 Å². The number of carbonyl (C=O) groups is 1. The van der Waals surface area contributed by atoms with Crippen molar-refractivity contribution in [2.75, 3.05) is 30.3 Å². The van der Waals surface area contributed by atoms with Crippen LogP contribution < -0.4 is 10.6 Å². The van der Waals surface area contributed by atoms with Gasteiger partial charge in [0.05, 0.1) is 22.9 Å². The molecule has 0 radical (unpaired) electrons. The van der Waals surface area contributed by atoms with Gasteiger partial charge in [0.25, 0.3) is 0 Å². The van der Waals surface area contributed by atoms with Gasteiger partial charge in [0.2, 0.25) is 0 Å². The third-order valence-corrected chi connectivity index (χ3v) is 4.27. The Morgan fingerprint density at radius 1 is 1.43 bits per heavy atom. The summed E-state index contributed by atoms with van der Waals surface area (Å²) < 4.78 is 5.14. The molecular formula is C16H23ClN2O2. The van der Waals surface area contributed by atoms with Crippen molar-refractivity contribution in [3.05, 3.63) is 22.7 Å². The van der Waals surface area contributed by atoms with Crippen LogP contribution in [0.1, 0.15) is 43.5 Å². The van der Waals surface area contributed by atoms with Crippen LogP contribution in [-0.4, -0.2) is 25.7 Å². The van der Waals surface area contributed by atoms with Crippen molar-refractivity contribution >= 4 is 28.9 Å². The van der Waals surface area contributed by atoms with Crippen LogP contribution in [0.4, 0.5) is 11.4 Å². The van der Waals surface area contributed by atoms with Crippen LogP contribution in [0.3, 0.4) is 0 Å². The third-order valence-electron chi connectivity index (χ3n) is 3.98. The second kappa shape index (κ2) is 7.03. The van der Waals surface area contributed by atoms with E-state index < -0.39 is 0 Å². The number of nitrogen functional groups attached to an aromatic ring is 1. The Hall–Kier alpha value is -1.42. The SMILES string of the molecule is CCOC(=O)c1cc(N)cc(Cl)c1N(CC)CC1CCC1. The van der Waals surface area contributed by atoms with Crippen LogP contribution in [0.5, 0.6) is 0 Å². The summed E-state index contributed by atoms with van der Waals surface area (Å²) in [7, 11) is 0. The number of anilines is 2. The van der Waals surface area contributed by atoms with Gasteiger partial charge < -0.3 is 15.4 Å². The van der Waals surface area contributed by atoms with Crippen molar-refractivity contribution in [2.24, 2.45) is 5.92 Å². The summed E-state index contributed by atoms with van der Waals surface area (Å²) in [5, 5.41) is 0.513. The molecule has 2 N–H and O–H groups in total. The maximum absolute atomic E-state index is 12.2. The molecule has 2 rings (SSSR count). The maximum atomic E-state index is 12.2. The fourth-order valence-corrected chi connectivity index (χ4v) is 3.02. The average Bonchev–Trinajstić information content (AvgIpc) is 2.38. The fourth-order valence-electron chi connectivity index (χ4n) is 2.67. The topological polar surface area (TPSA) is 55.6 Å². The minimum absolute atomic E-state index is 0.333. The number of hydrogen-bond acceptors (Lipinski definition) is 4. The minimum Gasteiger partial charge on any atom is -0.462 e. The highest BCUT2D eigenvalue weighted by Gasteiger charge is 2.25. The van der Waals surface area contributed by atoms with E-state index in [1.54, 1.807) is 19.1 Å². The first-order chi connectivity index (χ1) is 10.1. The Balaban J connectivity index is 2.35. The first-order valence-corrected chi connectivity index (χ1v) is 7.95. The molecule has 4 nitrogen and oxygen atoms in total. The zero-order chi connectivity index (χ0) is 15.4. The monoisotopic (exact) mass is 310 g/mol. The molecule has 0 bridgehead atoms. The molecule has 5 heteroatoms. The van der Waals surface area contributed by atoms with Crippen molar-refractivity contribution in [2.45, 2.75) is 33.1 Å². The summed E-state index contributed by atoms with van der Waals surface area (Å²) in [5.74, 6) is 0.322. The fraction of sp³-hybridized carbons (Fsp3) is 0.562. The molecule has 0 aliphatic heterocycles. The van der Waals surface area contributed by atoms with Crippen molar-refractivity contribution < 1.29 is 9.53 Å². The van der Waals surface area contributed by atoms with E-state index in [4.69, 9.17) is 22.1 Å². The molecule has 1 fully saturated rings. The lowest BCUT2D eigenvalue weighted by atomic mass is 9.85. The number of ether oxygens (including phenoxy) is 1. The van der Waals surface area contributed by atoms with Crippen LogP contribution in [0, 0.1) is 5.92 Å². The Bertz CT molecular complexity index is 515. The molecular weight excluding hydrogens is 288 g/mol. The summed E-state index contributed by atoms with van der Waals surface area (Å²) >= 11 is 6.37. The van der Waals surface area contributed by atoms with Gasteiger partial charge in [-0.3, -0.25) is 0 Å². The average molecular weight is 311 g/mol. The molecule has 1 aliphatic carbocycles. The van der Waals surface area contributed by atoms with E-state index >= 15 is 0 Å². The second-order valence-corrected chi connectivity index (χ2v) is 5.86. The number of rotatable bonds is 6. The molecule has 1 aliphatic rings. The standard InChI is InChI=1S/C16H23ClN2O2/c1-3-19(10-11-6-5-7-11)15-13(16(20)21-4-2)8-12(18)9-14(15)17/h8-9,11H,3-7,10,18H2,1-2H3. The molecule has 0 atom stereocenters. The minimum atomic E-state index is -0.367. The summed E-state index contributed by atoms with van der Waals surface area (Å²) in [5.41, 5.74) is 7.52. The largest absolute Gasteiger partial charge is 0.462 e. The van der Waals surface area contributed by atoms with Crippen LogP contribution in [0.25, 0.3) is 0 Å². The molecule has 0 aromatic heterocycles. The van der Waals surface area contributed by atoms with Crippen molar-refractivity contribution in [1.82, 2.24) is 0 Å². The number of carbonyl (C=O) groups excluding carboxylic acids is 1. The van der Waals surface area contributed by atoms with Gasteiger partial charge in [0.1, 0.15) is 0 Å². The molecule has 0 saturated heterocycles. The zero-order valence-electron chi connectivity index (χ0n) is 12.7. The van der Waals surface area contributed by atoms with Crippen LogP contribution in [-0.2, 0) is 4.74 Å². The Morgan fingerprint density at radius 2 is 2.14 bits per heavy atom. The van der Waals surface area contributed by atoms with Crippen molar-refractivity contribution in [1.29, 1.82) is 0 Å². The Morgan fingerprint density at radius 3 is 2.67 bits per heavy atom. The molecule has 0 amide bonds. The number of halogens is 1. The molecule has 1 aromatic rings. The van der Waals surface area contributed by atoms with E-state index in [0.29, 0.717) is 28.8 Å². The highest BCUT2D eigenvalue weighted by molar-refractivity contribution is 6.34. The lowest BCUT2D eigenvalue weighted by Gasteiger charge is -2.34. The van der Waals surface area contributed by atoms with Gasteiger partial charge in [-0.05, 0) is 44.7 Å². The molecule has 1 aromatic carbocycles. The summed E-state index contributed by atoms with van der Waals surface area (Å²) in [6.07, 6.45) is 3.79. The first-order valence-electron chi connectivity index (χ1n) is 7.57. The normalized spacial score (nSPS) is 14.6. The Labute approximate surface area is 131 Å². The van der Waals surface area contributed by atoms with Gasteiger partial charge in [-0.2, -0.15) is 0 Å². The molecule has 0 spiro atoms. The molecule has 21 heavy (non-hydrogen) atoms. The van der Waals surface area contributed by atoms with E-state index in [0.717, 1.165) is 18.8 Å². The van der Waals surface area contributed by atoms with Crippen molar-refractivity contribution in [3.63, 3.8) is 0 Å². The van der Waals surface area contributed by atoms with Gasteiger partial charge in [-0.15, -0.1) is 0 Å².